The number of carbonyl (C=O) groups excluding carboxylic acids is 1. The summed E-state index contributed by atoms with van der Waals surface area (Å²) >= 11 is 0. The first kappa shape index (κ1) is 19.7. The van der Waals surface area contributed by atoms with E-state index in [0.717, 1.165) is 12.1 Å². The fourth-order valence-electron chi connectivity index (χ4n) is 3.13. The third kappa shape index (κ3) is 3.94. The second-order valence-electron chi connectivity index (χ2n) is 6.21. The molecule has 1 heterocycles. The summed E-state index contributed by atoms with van der Waals surface area (Å²) in [6.45, 7) is 3.89. The summed E-state index contributed by atoms with van der Waals surface area (Å²) in [6, 6.07) is 7.27. The summed E-state index contributed by atoms with van der Waals surface area (Å²) in [6.07, 6.45) is 0. The van der Waals surface area contributed by atoms with Crippen molar-refractivity contribution >= 4 is 23.0 Å². The number of non-ortho nitro benzene ring substituents is 1. The van der Waals surface area contributed by atoms with Crippen molar-refractivity contribution in [2.45, 2.75) is 6.92 Å². The number of hydrogen-bond donors (Lipinski definition) is 0. The van der Waals surface area contributed by atoms with Crippen LogP contribution in [0, 0.1) is 21.7 Å². The minimum Gasteiger partial charge on any atom is -0.378 e. The van der Waals surface area contributed by atoms with E-state index in [4.69, 9.17) is 4.74 Å². The quantitative estimate of drug-likeness (QED) is 0.577. The molecular weight excluding hydrogens is 372 g/mol. The number of ether oxygens (including phenoxy) is 1. The van der Waals surface area contributed by atoms with E-state index in [1.165, 1.54) is 29.2 Å². The molecule has 0 unspecified atom stereocenters. The summed E-state index contributed by atoms with van der Waals surface area (Å²) in [5.41, 5.74) is 0.621. The number of halogens is 2. The van der Waals surface area contributed by atoms with Gasteiger partial charge in [0.15, 0.2) is 11.6 Å². The van der Waals surface area contributed by atoms with Crippen LogP contribution in [-0.2, 0) is 4.74 Å². The van der Waals surface area contributed by atoms with Crippen molar-refractivity contribution < 1.29 is 23.2 Å². The van der Waals surface area contributed by atoms with Crippen LogP contribution in [0.5, 0.6) is 0 Å². The highest BCUT2D eigenvalue weighted by Gasteiger charge is 2.26. The van der Waals surface area contributed by atoms with Gasteiger partial charge < -0.3 is 14.5 Å². The normalized spacial score (nSPS) is 14.0. The number of amides is 1. The van der Waals surface area contributed by atoms with Crippen molar-refractivity contribution in [3.8, 4) is 0 Å². The van der Waals surface area contributed by atoms with Crippen molar-refractivity contribution in [3.63, 3.8) is 0 Å². The Balaban J connectivity index is 2.04. The number of benzene rings is 2. The molecule has 0 N–H and O–H groups in total. The topological polar surface area (TPSA) is 75.9 Å². The molecule has 7 nitrogen and oxygen atoms in total. The zero-order valence-corrected chi connectivity index (χ0v) is 15.2. The maximum absolute atomic E-state index is 13.7. The molecule has 1 fully saturated rings. The second-order valence-corrected chi connectivity index (χ2v) is 6.21. The molecule has 1 aliphatic heterocycles. The van der Waals surface area contributed by atoms with Crippen LogP contribution in [0.15, 0.2) is 36.4 Å². The number of carbonyl (C=O) groups is 1. The van der Waals surface area contributed by atoms with E-state index >= 15 is 0 Å². The summed E-state index contributed by atoms with van der Waals surface area (Å²) in [4.78, 5) is 27.0. The van der Waals surface area contributed by atoms with Crippen molar-refractivity contribution in [3.05, 3.63) is 63.7 Å². The Kier molecular flexibility index (Phi) is 5.84. The SMILES string of the molecule is CCN(C(=O)c1cc([N+](=O)[O-])ccc1N1CCOCC1)c1ccc(F)c(F)c1. The number of nitro groups is 1. The van der Waals surface area contributed by atoms with Gasteiger partial charge in [0.2, 0.25) is 0 Å². The van der Waals surface area contributed by atoms with Crippen molar-refractivity contribution in [1.82, 2.24) is 0 Å². The average molecular weight is 391 g/mol. The first-order chi connectivity index (χ1) is 13.4. The van der Waals surface area contributed by atoms with E-state index in [-0.39, 0.29) is 23.5 Å². The smallest absolute Gasteiger partial charge is 0.270 e. The first-order valence-electron chi connectivity index (χ1n) is 8.80. The Morgan fingerprint density at radius 2 is 1.89 bits per heavy atom. The second kappa shape index (κ2) is 8.30. The largest absolute Gasteiger partial charge is 0.378 e. The van der Waals surface area contributed by atoms with Gasteiger partial charge in [-0.1, -0.05) is 0 Å². The molecule has 148 valence electrons. The van der Waals surface area contributed by atoms with Gasteiger partial charge in [-0.15, -0.1) is 0 Å². The summed E-state index contributed by atoms with van der Waals surface area (Å²) in [5.74, 6) is -2.62. The van der Waals surface area contributed by atoms with E-state index in [1.54, 1.807) is 6.92 Å². The molecule has 0 saturated carbocycles. The minimum absolute atomic E-state index is 0.127. The summed E-state index contributed by atoms with van der Waals surface area (Å²) in [7, 11) is 0. The lowest BCUT2D eigenvalue weighted by Crippen LogP contribution is -2.38. The van der Waals surface area contributed by atoms with Gasteiger partial charge in [0.25, 0.3) is 11.6 Å². The molecule has 0 atom stereocenters. The molecule has 0 aliphatic carbocycles. The van der Waals surface area contributed by atoms with Crippen LogP contribution in [0.3, 0.4) is 0 Å². The molecule has 1 saturated heterocycles. The monoisotopic (exact) mass is 391 g/mol. The van der Waals surface area contributed by atoms with Crippen molar-refractivity contribution in [2.75, 3.05) is 42.6 Å². The molecular formula is C19H19F2N3O4. The number of hydrogen-bond acceptors (Lipinski definition) is 5. The van der Waals surface area contributed by atoms with Gasteiger partial charge in [-0.3, -0.25) is 14.9 Å². The van der Waals surface area contributed by atoms with Crippen LogP contribution in [-0.4, -0.2) is 43.7 Å². The lowest BCUT2D eigenvalue weighted by atomic mass is 10.1. The zero-order chi connectivity index (χ0) is 20.3. The predicted molar refractivity (Wildman–Crippen MR) is 99.8 cm³/mol. The molecule has 0 radical (unpaired) electrons. The number of anilines is 2. The van der Waals surface area contributed by atoms with Gasteiger partial charge in [-0.25, -0.2) is 8.78 Å². The maximum atomic E-state index is 13.7. The van der Waals surface area contributed by atoms with E-state index in [2.05, 4.69) is 0 Å². The zero-order valence-electron chi connectivity index (χ0n) is 15.2. The van der Waals surface area contributed by atoms with Gasteiger partial charge in [-0.2, -0.15) is 0 Å². The van der Waals surface area contributed by atoms with E-state index in [0.29, 0.717) is 32.0 Å². The Morgan fingerprint density at radius 1 is 1.18 bits per heavy atom. The van der Waals surface area contributed by atoms with E-state index < -0.39 is 22.5 Å². The molecule has 9 heteroatoms. The Morgan fingerprint density at radius 3 is 2.50 bits per heavy atom. The molecule has 28 heavy (non-hydrogen) atoms. The number of rotatable bonds is 5. The standard InChI is InChI=1S/C19H19F2N3O4/c1-2-23(13-3-5-16(20)17(21)12-13)19(25)15-11-14(24(26)27)4-6-18(15)22-7-9-28-10-8-22/h3-6,11-12H,2,7-10H2,1H3. The molecule has 1 amide bonds. The third-order valence-electron chi connectivity index (χ3n) is 4.55. The summed E-state index contributed by atoms with van der Waals surface area (Å²) < 4.78 is 32.2. The lowest BCUT2D eigenvalue weighted by Gasteiger charge is -2.31. The highest BCUT2D eigenvalue weighted by atomic mass is 19.2. The molecule has 0 bridgehead atoms. The fraction of sp³-hybridized carbons (Fsp3) is 0.316. The van der Waals surface area contributed by atoms with Crippen LogP contribution in [0.4, 0.5) is 25.8 Å². The van der Waals surface area contributed by atoms with Crippen molar-refractivity contribution in [2.24, 2.45) is 0 Å². The first-order valence-corrected chi connectivity index (χ1v) is 8.80. The van der Waals surface area contributed by atoms with E-state index in [1.807, 2.05) is 4.90 Å². The van der Waals surface area contributed by atoms with Crippen LogP contribution >= 0.6 is 0 Å². The molecule has 1 aliphatic rings. The lowest BCUT2D eigenvalue weighted by molar-refractivity contribution is -0.384. The molecule has 3 rings (SSSR count). The van der Waals surface area contributed by atoms with Gasteiger partial charge in [0, 0.05) is 43.5 Å². The molecule has 2 aromatic carbocycles. The van der Waals surface area contributed by atoms with Gasteiger partial charge in [0.05, 0.1) is 29.4 Å². The Hall–Kier alpha value is -3.07. The van der Waals surface area contributed by atoms with Crippen LogP contribution in [0.1, 0.15) is 17.3 Å². The highest BCUT2D eigenvalue weighted by molar-refractivity contribution is 6.10. The van der Waals surface area contributed by atoms with E-state index in [9.17, 15) is 23.7 Å². The van der Waals surface area contributed by atoms with Crippen LogP contribution in [0.2, 0.25) is 0 Å². The Labute approximate surface area is 160 Å². The number of nitro benzene ring substituents is 1. The number of nitrogens with zero attached hydrogens (tertiary/aromatic N) is 3. The molecule has 0 aromatic heterocycles. The van der Waals surface area contributed by atoms with Gasteiger partial charge in [-0.05, 0) is 25.1 Å². The van der Waals surface area contributed by atoms with Crippen LogP contribution in [0.25, 0.3) is 0 Å². The van der Waals surface area contributed by atoms with Gasteiger partial charge in [0.1, 0.15) is 0 Å². The number of morpholine rings is 1. The minimum atomic E-state index is -1.07. The van der Waals surface area contributed by atoms with Crippen LogP contribution < -0.4 is 9.80 Å². The molecule has 2 aromatic rings. The van der Waals surface area contributed by atoms with Gasteiger partial charge >= 0.3 is 0 Å². The maximum Gasteiger partial charge on any atom is 0.270 e. The molecule has 0 spiro atoms. The summed E-state index contributed by atoms with van der Waals surface area (Å²) in [5, 5.41) is 11.2. The van der Waals surface area contributed by atoms with Crippen molar-refractivity contribution in [1.29, 1.82) is 0 Å². The highest BCUT2D eigenvalue weighted by Crippen LogP contribution is 2.29. The predicted octanol–water partition coefficient (Wildman–Crippen LogP) is 3.38. The fourth-order valence-corrected chi connectivity index (χ4v) is 3.13. The Bertz CT molecular complexity index is 901. The third-order valence-corrected chi connectivity index (χ3v) is 4.55. The average Bonchev–Trinajstić information content (AvgIpc) is 2.71.